The Morgan fingerprint density at radius 1 is 0.935 bits per heavy atom. The fraction of sp³-hybridized carbons (Fsp3) is 0.115. The van der Waals surface area contributed by atoms with Crippen molar-refractivity contribution in [2.75, 3.05) is 6.61 Å². The smallest absolute Gasteiger partial charge is 0.343 e. The Morgan fingerprint density at radius 2 is 1.71 bits per heavy atom. The van der Waals surface area contributed by atoms with E-state index < -0.39 is 5.97 Å². The number of carbonyl (C=O) groups is 1. The van der Waals surface area contributed by atoms with E-state index in [4.69, 9.17) is 14.2 Å². The highest BCUT2D eigenvalue weighted by molar-refractivity contribution is 6.05. The number of halogens is 1. The molecule has 0 bridgehead atoms. The van der Waals surface area contributed by atoms with Crippen LogP contribution in [0.15, 0.2) is 84.4 Å². The van der Waals surface area contributed by atoms with Gasteiger partial charge in [-0.2, -0.15) is 0 Å². The van der Waals surface area contributed by atoms with E-state index in [9.17, 15) is 9.18 Å². The molecule has 4 rings (SSSR count). The van der Waals surface area contributed by atoms with Crippen molar-refractivity contribution in [3.05, 3.63) is 107 Å². The van der Waals surface area contributed by atoms with Gasteiger partial charge in [0.15, 0.2) is 11.5 Å². The van der Waals surface area contributed by atoms with Crippen LogP contribution in [0.5, 0.6) is 11.5 Å². The normalized spacial score (nSPS) is 14.3. The van der Waals surface area contributed by atoms with Crippen LogP contribution < -0.4 is 9.47 Å². The van der Waals surface area contributed by atoms with Crippen molar-refractivity contribution in [2.24, 2.45) is 0 Å². The van der Waals surface area contributed by atoms with Crippen LogP contribution in [0.3, 0.4) is 0 Å². The van der Waals surface area contributed by atoms with Gasteiger partial charge < -0.3 is 14.2 Å². The first-order chi connectivity index (χ1) is 15.1. The summed E-state index contributed by atoms with van der Waals surface area (Å²) in [4.78, 5) is 12.3. The zero-order chi connectivity index (χ0) is 21.6. The predicted octanol–water partition coefficient (Wildman–Crippen LogP) is 5.78. The standard InChI is InChI=1S/C26H21FO4/c1-2-29-25-15-19(8-13-23(25)30-17-18-6-4-3-5-7-18)14-21-16-24(31-26(21)28)20-9-11-22(27)12-10-20/h3-16H,2,17H2,1H3. The lowest BCUT2D eigenvalue weighted by Crippen LogP contribution is -2.00. The van der Waals surface area contributed by atoms with Gasteiger partial charge in [-0.25, -0.2) is 9.18 Å². The van der Waals surface area contributed by atoms with Crippen LogP contribution in [0, 0.1) is 5.82 Å². The lowest BCUT2D eigenvalue weighted by molar-refractivity contribution is -0.130. The lowest BCUT2D eigenvalue weighted by Gasteiger charge is -2.13. The van der Waals surface area contributed by atoms with Crippen LogP contribution in [0.25, 0.3) is 11.8 Å². The second-order valence-corrected chi connectivity index (χ2v) is 6.92. The Bertz CT molecular complexity index is 1130. The van der Waals surface area contributed by atoms with Crippen LogP contribution in [-0.4, -0.2) is 12.6 Å². The van der Waals surface area contributed by atoms with E-state index in [2.05, 4.69) is 0 Å². The van der Waals surface area contributed by atoms with Crippen molar-refractivity contribution < 1.29 is 23.4 Å². The molecule has 31 heavy (non-hydrogen) atoms. The molecular weight excluding hydrogens is 395 g/mol. The van der Waals surface area contributed by atoms with Crippen molar-refractivity contribution >= 4 is 17.8 Å². The first-order valence-electron chi connectivity index (χ1n) is 9.97. The van der Waals surface area contributed by atoms with Crippen molar-refractivity contribution in [1.29, 1.82) is 0 Å². The molecule has 0 atom stereocenters. The second-order valence-electron chi connectivity index (χ2n) is 6.92. The molecule has 0 aromatic heterocycles. The number of ether oxygens (including phenoxy) is 3. The number of rotatable bonds is 7. The van der Waals surface area contributed by atoms with E-state index in [0.717, 1.165) is 11.1 Å². The van der Waals surface area contributed by atoms with Gasteiger partial charge in [-0.05, 0) is 66.6 Å². The minimum atomic E-state index is -0.457. The molecule has 0 N–H and O–H groups in total. The fourth-order valence-electron chi connectivity index (χ4n) is 3.16. The third-order valence-electron chi connectivity index (χ3n) is 4.68. The van der Waals surface area contributed by atoms with Crippen LogP contribution in [0.4, 0.5) is 4.39 Å². The molecule has 0 saturated carbocycles. The van der Waals surface area contributed by atoms with Crippen LogP contribution >= 0.6 is 0 Å². The summed E-state index contributed by atoms with van der Waals surface area (Å²) in [5.74, 6) is 0.819. The average Bonchev–Trinajstić information content (AvgIpc) is 3.15. The highest BCUT2D eigenvalue weighted by Crippen LogP contribution is 2.32. The van der Waals surface area contributed by atoms with Gasteiger partial charge in [-0.15, -0.1) is 0 Å². The highest BCUT2D eigenvalue weighted by Gasteiger charge is 2.22. The SMILES string of the molecule is CCOc1cc(C=C2C=C(c3ccc(F)cc3)OC2=O)ccc1OCc1ccccc1. The Hall–Kier alpha value is -3.86. The number of hydrogen-bond donors (Lipinski definition) is 0. The average molecular weight is 416 g/mol. The molecule has 3 aromatic carbocycles. The summed E-state index contributed by atoms with van der Waals surface area (Å²) in [6.07, 6.45) is 3.37. The molecule has 3 aromatic rings. The second kappa shape index (κ2) is 9.30. The molecular formula is C26H21FO4. The summed E-state index contributed by atoms with van der Waals surface area (Å²) in [5, 5.41) is 0. The predicted molar refractivity (Wildman–Crippen MR) is 117 cm³/mol. The molecule has 0 saturated heterocycles. The number of carbonyl (C=O) groups excluding carboxylic acids is 1. The minimum absolute atomic E-state index is 0.345. The molecule has 156 valence electrons. The van der Waals surface area contributed by atoms with Crippen molar-refractivity contribution in [3.63, 3.8) is 0 Å². The Balaban J connectivity index is 1.56. The molecule has 5 heteroatoms. The van der Waals surface area contributed by atoms with E-state index in [1.54, 1.807) is 24.3 Å². The van der Waals surface area contributed by atoms with Crippen molar-refractivity contribution in [3.8, 4) is 11.5 Å². The molecule has 1 heterocycles. The third-order valence-corrected chi connectivity index (χ3v) is 4.68. The van der Waals surface area contributed by atoms with Gasteiger partial charge in [0, 0.05) is 5.56 Å². The summed E-state index contributed by atoms with van der Waals surface area (Å²) >= 11 is 0. The van der Waals surface area contributed by atoms with E-state index in [1.807, 2.05) is 55.5 Å². The van der Waals surface area contributed by atoms with Gasteiger partial charge >= 0.3 is 5.97 Å². The zero-order valence-corrected chi connectivity index (χ0v) is 17.0. The molecule has 0 fully saturated rings. The fourth-order valence-corrected chi connectivity index (χ4v) is 3.16. The number of cyclic esters (lactones) is 1. The molecule has 0 amide bonds. The molecule has 0 spiro atoms. The van der Waals surface area contributed by atoms with Crippen molar-refractivity contribution in [2.45, 2.75) is 13.5 Å². The van der Waals surface area contributed by atoms with Gasteiger partial charge in [0.2, 0.25) is 0 Å². The van der Waals surface area contributed by atoms with Crippen molar-refractivity contribution in [1.82, 2.24) is 0 Å². The highest BCUT2D eigenvalue weighted by atomic mass is 19.1. The summed E-state index contributed by atoms with van der Waals surface area (Å²) in [5.41, 5.74) is 2.87. The Labute approximate surface area is 180 Å². The molecule has 0 aliphatic carbocycles. The lowest BCUT2D eigenvalue weighted by atomic mass is 10.1. The summed E-state index contributed by atoms with van der Waals surface area (Å²) < 4.78 is 30.1. The minimum Gasteiger partial charge on any atom is -0.490 e. The van der Waals surface area contributed by atoms with Gasteiger partial charge in [0.05, 0.1) is 12.2 Å². The number of hydrogen-bond acceptors (Lipinski definition) is 4. The van der Waals surface area contributed by atoms with E-state index >= 15 is 0 Å². The Morgan fingerprint density at radius 3 is 2.45 bits per heavy atom. The first-order valence-corrected chi connectivity index (χ1v) is 9.97. The molecule has 0 unspecified atom stereocenters. The monoisotopic (exact) mass is 416 g/mol. The van der Waals surface area contributed by atoms with Gasteiger partial charge in [0.1, 0.15) is 18.2 Å². The molecule has 4 nitrogen and oxygen atoms in total. The zero-order valence-electron chi connectivity index (χ0n) is 17.0. The van der Waals surface area contributed by atoms with Crippen LogP contribution in [0.2, 0.25) is 0 Å². The van der Waals surface area contributed by atoms with Crippen LogP contribution in [-0.2, 0) is 16.1 Å². The quantitative estimate of drug-likeness (QED) is 0.362. The first kappa shape index (κ1) is 20.4. The topological polar surface area (TPSA) is 44.8 Å². The van der Waals surface area contributed by atoms with Gasteiger partial charge in [-0.3, -0.25) is 0 Å². The van der Waals surface area contributed by atoms with Crippen LogP contribution in [0.1, 0.15) is 23.6 Å². The molecule has 1 aliphatic rings. The maximum Gasteiger partial charge on any atom is 0.343 e. The number of benzene rings is 3. The van der Waals surface area contributed by atoms with E-state index in [0.29, 0.717) is 41.6 Å². The maximum atomic E-state index is 13.1. The molecule has 0 radical (unpaired) electrons. The van der Waals surface area contributed by atoms with E-state index in [1.165, 1.54) is 12.1 Å². The molecule has 1 aliphatic heterocycles. The number of esters is 1. The van der Waals surface area contributed by atoms with Gasteiger partial charge in [0.25, 0.3) is 0 Å². The van der Waals surface area contributed by atoms with E-state index in [-0.39, 0.29) is 5.82 Å². The Kier molecular flexibility index (Phi) is 6.13. The summed E-state index contributed by atoms with van der Waals surface area (Å²) in [7, 11) is 0. The maximum absolute atomic E-state index is 13.1. The summed E-state index contributed by atoms with van der Waals surface area (Å²) in [6, 6.07) is 21.2. The summed E-state index contributed by atoms with van der Waals surface area (Å²) in [6.45, 7) is 2.81. The largest absolute Gasteiger partial charge is 0.490 e. The third kappa shape index (κ3) is 5.01. The van der Waals surface area contributed by atoms with Gasteiger partial charge in [-0.1, -0.05) is 36.4 Å².